The molecule has 1 aliphatic heterocycles. The largest absolute Gasteiger partial charge is 0.447 e. The number of carbonyl (C=O) groups is 2. The van der Waals surface area contributed by atoms with E-state index >= 15 is 0 Å². The molecule has 1 saturated heterocycles. The number of nitrogens with zero attached hydrogens (tertiary/aromatic N) is 1. The summed E-state index contributed by atoms with van der Waals surface area (Å²) in [6.45, 7) is 0.275. The predicted octanol–water partition coefficient (Wildman–Crippen LogP) is 2.54. The van der Waals surface area contributed by atoms with Gasteiger partial charge < -0.3 is 4.74 Å². The van der Waals surface area contributed by atoms with Crippen molar-refractivity contribution in [3.63, 3.8) is 0 Å². The maximum Gasteiger partial charge on any atom is 0.417 e. The van der Waals surface area contributed by atoms with Crippen LogP contribution < -0.4 is 0 Å². The highest BCUT2D eigenvalue weighted by Crippen LogP contribution is 2.30. The highest BCUT2D eigenvalue weighted by atomic mass is 16.6. The van der Waals surface area contributed by atoms with Crippen LogP contribution in [0.25, 0.3) is 0 Å². The van der Waals surface area contributed by atoms with Gasteiger partial charge in [0, 0.05) is 0 Å². The Morgan fingerprint density at radius 2 is 2.05 bits per heavy atom. The fraction of sp³-hybridized carbons (Fsp3) is 0.375. The Balaban J connectivity index is 1.69. The van der Waals surface area contributed by atoms with E-state index in [1.54, 1.807) is 0 Å². The van der Waals surface area contributed by atoms with Crippen molar-refractivity contribution >= 4 is 12.0 Å². The first kappa shape index (κ1) is 12.9. The van der Waals surface area contributed by atoms with Crippen LogP contribution in [0.15, 0.2) is 42.5 Å². The molecule has 0 aromatic heterocycles. The molecule has 2 fully saturated rings. The Labute approximate surface area is 118 Å². The Morgan fingerprint density at radius 3 is 2.75 bits per heavy atom. The fourth-order valence-electron chi connectivity index (χ4n) is 2.35. The SMILES string of the molecule is O=C(/C=C/C1CC1)N1C(=O)OCC1Cc1ccccc1. The molecular formula is C16H17NO3. The third kappa shape index (κ3) is 2.90. The molecule has 1 aliphatic carbocycles. The summed E-state index contributed by atoms with van der Waals surface area (Å²) in [6, 6.07) is 9.62. The number of hydrogen-bond donors (Lipinski definition) is 0. The predicted molar refractivity (Wildman–Crippen MR) is 74.0 cm³/mol. The van der Waals surface area contributed by atoms with Gasteiger partial charge in [0.05, 0.1) is 6.04 Å². The van der Waals surface area contributed by atoms with Gasteiger partial charge in [0.25, 0.3) is 5.91 Å². The molecule has 0 N–H and O–H groups in total. The number of allylic oxidation sites excluding steroid dienone is 1. The number of cyclic esters (lactones) is 1. The van der Waals surface area contributed by atoms with E-state index in [-0.39, 0.29) is 18.6 Å². The average molecular weight is 271 g/mol. The molecule has 4 nitrogen and oxygen atoms in total. The second-order valence-corrected chi connectivity index (χ2v) is 5.33. The molecule has 1 saturated carbocycles. The molecule has 1 aromatic carbocycles. The monoisotopic (exact) mass is 271 g/mol. The van der Waals surface area contributed by atoms with Crippen LogP contribution in [0.5, 0.6) is 0 Å². The van der Waals surface area contributed by atoms with Crippen molar-refractivity contribution in [1.82, 2.24) is 4.90 Å². The lowest BCUT2D eigenvalue weighted by molar-refractivity contribution is -0.124. The number of ether oxygens (including phenoxy) is 1. The van der Waals surface area contributed by atoms with Crippen molar-refractivity contribution in [3.8, 4) is 0 Å². The van der Waals surface area contributed by atoms with E-state index in [0.29, 0.717) is 12.3 Å². The topological polar surface area (TPSA) is 46.6 Å². The molecule has 1 heterocycles. The minimum atomic E-state index is -0.531. The summed E-state index contributed by atoms with van der Waals surface area (Å²) in [5, 5.41) is 0. The summed E-state index contributed by atoms with van der Waals surface area (Å²) >= 11 is 0. The maximum absolute atomic E-state index is 12.1. The molecule has 0 radical (unpaired) electrons. The molecule has 1 aromatic rings. The van der Waals surface area contributed by atoms with Crippen molar-refractivity contribution in [2.45, 2.75) is 25.3 Å². The van der Waals surface area contributed by atoms with Gasteiger partial charge >= 0.3 is 6.09 Å². The van der Waals surface area contributed by atoms with Crippen LogP contribution in [-0.4, -0.2) is 29.5 Å². The number of benzene rings is 1. The molecule has 4 heteroatoms. The maximum atomic E-state index is 12.1. The van der Waals surface area contributed by atoms with Crippen LogP contribution in [0.3, 0.4) is 0 Å². The number of carbonyl (C=O) groups excluding carboxylic acids is 2. The smallest absolute Gasteiger partial charge is 0.417 e. The lowest BCUT2D eigenvalue weighted by Gasteiger charge is -2.18. The van der Waals surface area contributed by atoms with E-state index in [1.165, 1.54) is 11.0 Å². The first-order chi connectivity index (χ1) is 9.74. The lowest BCUT2D eigenvalue weighted by Crippen LogP contribution is -2.39. The molecule has 2 amide bonds. The van der Waals surface area contributed by atoms with Gasteiger partial charge in [0.2, 0.25) is 0 Å². The standard InChI is InChI=1S/C16H17NO3/c18-15(9-8-12-6-7-12)17-14(11-20-16(17)19)10-13-4-2-1-3-5-13/h1-5,8-9,12,14H,6-7,10-11H2/b9-8+. The molecule has 104 valence electrons. The average Bonchev–Trinajstić information content (AvgIpc) is 3.22. The van der Waals surface area contributed by atoms with Crippen molar-refractivity contribution in [2.24, 2.45) is 5.92 Å². The third-order valence-electron chi connectivity index (χ3n) is 3.65. The van der Waals surface area contributed by atoms with Gasteiger partial charge in [-0.2, -0.15) is 0 Å². The summed E-state index contributed by atoms with van der Waals surface area (Å²) in [5.41, 5.74) is 1.10. The second-order valence-electron chi connectivity index (χ2n) is 5.33. The quantitative estimate of drug-likeness (QED) is 0.791. The van der Waals surface area contributed by atoms with Crippen LogP contribution in [0.1, 0.15) is 18.4 Å². The van der Waals surface area contributed by atoms with Crippen molar-refractivity contribution in [1.29, 1.82) is 0 Å². The molecular weight excluding hydrogens is 254 g/mol. The van der Waals surface area contributed by atoms with Gasteiger partial charge in [-0.25, -0.2) is 9.69 Å². The summed E-state index contributed by atoms with van der Waals surface area (Å²) in [7, 11) is 0. The number of rotatable bonds is 4. The van der Waals surface area contributed by atoms with Crippen LogP contribution in [0, 0.1) is 5.92 Å². The van der Waals surface area contributed by atoms with E-state index in [1.807, 2.05) is 36.4 Å². The minimum absolute atomic E-state index is 0.207. The summed E-state index contributed by atoms with van der Waals surface area (Å²) in [6.07, 6.45) is 5.80. The van der Waals surface area contributed by atoms with Gasteiger partial charge in [-0.1, -0.05) is 36.4 Å². The third-order valence-corrected chi connectivity index (χ3v) is 3.65. The molecule has 1 atom stereocenters. The van der Waals surface area contributed by atoms with E-state index in [4.69, 9.17) is 4.74 Å². The highest BCUT2D eigenvalue weighted by molar-refractivity contribution is 5.99. The zero-order valence-corrected chi connectivity index (χ0v) is 11.2. The van der Waals surface area contributed by atoms with E-state index < -0.39 is 6.09 Å². The number of hydrogen-bond acceptors (Lipinski definition) is 3. The van der Waals surface area contributed by atoms with Gasteiger partial charge in [0.15, 0.2) is 0 Å². The Morgan fingerprint density at radius 1 is 1.30 bits per heavy atom. The second kappa shape index (κ2) is 5.49. The zero-order chi connectivity index (χ0) is 13.9. The summed E-state index contributed by atoms with van der Waals surface area (Å²) in [5.74, 6) is 0.255. The highest BCUT2D eigenvalue weighted by Gasteiger charge is 2.37. The summed E-state index contributed by atoms with van der Waals surface area (Å²) < 4.78 is 5.03. The minimum Gasteiger partial charge on any atom is -0.447 e. The van der Waals surface area contributed by atoms with Gasteiger partial charge in [-0.05, 0) is 36.8 Å². The lowest BCUT2D eigenvalue weighted by atomic mass is 10.1. The first-order valence-corrected chi connectivity index (χ1v) is 6.96. The zero-order valence-electron chi connectivity index (χ0n) is 11.2. The Kier molecular flexibility index (Phi) is 3.54. The van der Waals surface area contributed by atoms with Crippen LogP contribution in [0.2, 0.25) is 0 Å². The molecule has 0 spiro atoms. The summed E-state index contributed by atoms with van der Waals surface area (Å²) in [4.78, 5) is 25.1. The molecule has 0 bridgehead atoms. The Bertz CT molecular complexity index is 534. The van der Waals surface area contributed by atoms with Gasteiger partial charge in [-0.3, -0.25) is 4.79 Å². The van der Waals surface area contributed by atoms with Crippen molar-refractivity contribution < 1.29 is 14.3 Å². The molecule has 2 aliphatic rings. The van der Waals surface area contributed by atoms with E-state index in [0.717, 1.165) is 18.4 Å². The molecule has 3 rings (SSSR count). The Hall–Kier alpha value is -2.10. The van der Waals surface area contributed by atoms with Gasteiger partial charge in [-0.15, -0.1) is 0 Å². The normalized spacial score (nSPS) is 22.3. The fourth-order valence-corrected chi connectivity index (χ4v) is 2.35. The van der Waals surface area contributed by atoms with E-state index in [9.17, 15) is 9.59 Å². The van der Waals surface area contributed by atoms with Crippen molar-refractivity contribution in [3.05, 3.63) is 48.0 Å². The van der Waals surface area contributed by atoms with Crippen molar-refractivity contribution in [2.75, 3.05) is 6.61 Å². The van der Waals surface area contributed by atoms with Crippen LogP contribution >= 0.6 is 0 Å². The van der Waals surface area contributed by atoms with Gasteiger partial charge in [0.1, 0.15) is 6.61 Å². The first-order valence-electron chi connectivity index (χ1n) is 6.96. The number of amides is 2. The molecule has 20 heavy (non-hydrogen) atoms. The van der Waals surface area contributed by atoms with E-state index in [2.05, 4.69) is 0 Å². The van der Waals surface area contributed by atoms with Crippen LogP contribution in [0.4, 0.5) is 4.79 Å². The van der Waals surface area contributed by atoms with Crippen LogP contribution in [-0.2, 0) is 16.0 Å². The number of imide groups is 1. The molecule has 1 unspecified atom stereocenters.